The molecule has 0 saturated heterocycles. The van der Waals surface area contributed by atoms with Crippen molar-refractivity contribution in [2.24, 2.45) is 5.73 Å². The van der Waals surface area contributed by atoms with Crippen LogP contribution in [0.4, 0.5) is 5.69 Å². The molecule has 0 amide bonds. The second kappa shape index (κ2) is 6.19. The first-order valence-electron chi connectivity index (χ1n) is 5.67. The molecule has 0 aromatic heterocycles. The number of halogens is 2. The summed E-state index contributed by atoms with van der Waals surface area (Å²) in [5, 5.41) is 0.661. The minimum Gasteiger partial charge on any atom is -0.389 e. The predicted molar refractivity (Wildman–Crippen MR) is 89.6 cm³/mol. The van der Waals surface area contributed by atoms with Gasteiger partial charge in [-0.25, -0.2) is 8.42 Å². The van der Waals surface area contributed by atoms with Crippen molar-refractivity contribution in [3.05, 3.63) is 58.1 Å². The third-order valence-electron chi connectivity index (χ3n) is 2.54. The predicted octanol–water partition coefficient (Wildman–Crippen LogP) is 3.43. The fraction of sp³-hybridized carbons (Fsp3) is 0. The molecule has 4 nitrogen and oxygen atoms in total. The molecule has 0 aliphatic carbocycles. The van der Waals surface area contributed by atoms with Crippen molar-refractivity contribution >= 4 is 56.1 Å². The van der Waals surface area contributed by atoms with Crippen LogP contribution >= 0.6 is 35.4 Å². The summed E-state index contributed by atoms with van der Waals surface area (Å²) in [4.78, 5) is 0.168. The molecule has 0 fully saturated rings. The van der Waals surface area contributed by atoms with Crippen molar-refractivity contribution in [3.63, 3.8) is 0 Å². The van der Waals surface area contributed by atoms with Gasteiger partial charge in [0.2, 0.25) is 0 Å². The van der Waals surface area contributed by atoms with Gasteiger partial charge in [0.15, 0.2) is 0 Å². The van der Waals surface area contributed by atoms with E-state index in [4.69, 9.17) is 41.2 Å². The number of rotatable bonds is 4. The normalized spacial score (nSPS) is 11.1. The van der Waals surface area contributed by atoms with Gasteiger partial charge in [0, 0.05) is 15.6 Å². The fourth-order valence-electron chi connectivity index (χ4n) is 1.64. The Hall–Kier alpha value is -1.34. The van der Waals surface area contributed by atoms with Crippen molar-refractivity contribution < 1.29 is 8.42 Å². The molecule has 110 valence electrons. The number of sulfonamides is 1. The minimum absolute atomic E-state index is 0.0453. The molecular formula is C13H10Cl2N2O2S2. The van der Waals surface area contributed by atoms with E-state index in [9.17, 15) is 8.42 Å². The van der Waals surface area contributed by atoms with Crippen LogP contribution in [0.1, 0.15) is 5.56 Å². The molecule has 0 spiro atoms. The number of nitrogens with one attached hydrogen (secondary N) is 1. The maximum Gasteiger partial charge on any atom is 0.261 e. The number of hydrogen-bond acceptors (Lipinski definition) is 3. The van der Waals surface area contributed by atoms with Gasteiger partial charge in [0.25, 0.3) is 10.0 Å². The first-order chi connectivity index (χ1) is 9.78. The Balaban J connectivity index is 2.38. The molecule has 2 aromatic carbocycles. The second-order valence-electron chi connectivity index (χ2n) is 4.16. The highest BCUT2D eigenvalue weighted by Crippen LogP contribution is 2.24. The van der Waals surface area contributed by atoms with Gasteiger partial charge in [-0.1, -0.05) is 47.6 Å². The Labute approximate surface area is 137 Å². The average Bonchev–Trinajstić information content (AvgIpc) is 2.37. The third kappa shape index (κ3) is 4.07. The number of hydrogen-bond donors (Lipinski definition) is 2. The average molecular weight is 361 g/mol. The molecular weight excluding hydrogens is 351 g/mol. The SMILES string of the molecule is NC(=S)c1cccc(S(=O)(=O)Nc2cc(Cl)cc(Cl)c2)c1. The molecule has 3 N–H and O–H groups in total. The lowest BCUT2D eigenvalue weighted by atomic mass is 10.2. The zero-order valence-corrected chi connectivity index (χ0v) is 13.7. The van der Waals surface area contributed by atoms with Crippen molar-refractivity contribution in [1.82, 2.24) is 0 Å². The maximum atomic E-state index is 12.3. The lowest BCUT2D eigenvalue weighted by Gasteiger charge is -2.10. The number of nitrogens with two attached hydrogens (primary N) is 1. The smallest absolute Gasteiger partial charge is 0.261 e. The van der Waals surface area contributed by atoms with E-state index < -0.39 is 10.0 Å². The monoisotopic (exact) mass is 360 g/mol. The summed E-state index contributed by atoms with van der Waals surface area (Å²) in [6.45, 7) is 0. The maximum absolute atomic E-state index is 12.3. The van der Waals surface area contributed by atoms with Gasteiger partial charge in [-0.3, -0.25) is 4.72 Å². The Bertz CT molecular complexity index is 787. The highest BCUT2D eigenvalue weighted by atomic mass is 35.5. The van der Waals surface area contributed by atoms with Crippen LogP contribution < -0.4 is 10.5 Å². The van der Waals surface area contributed by atoms with Gasteiger partial charge in [0.05, 0.1) is 10.6 Å². The van der Waals surface area contributed by atoms with E-state index in [1.165, 1.54) is 30.3 Å². The van der Waals surface area contributed by atoms with Crippen LogP contribution in [-0.2, 0) is 10.0 Å². The van der Waals surface area contributed by atoms with Gasteiger partial charge in [-0.05, 0) is 30.3 Å². The summed E-state index contributed by atoms with van der Waals surface area (Å²) in [7, 11) is -3.79. The van der Waals surface area contributed by atoms with Crippen LogP contribution in [0.5, 0.6) is 0 Å². The largest absolute Gasteiger partial charge is 0.389 e. The van der Waals surface area contributed by atoms with Crippen molar-refractivity contribution in [2.45, 2.75) is 4.90 Å². The number of thiocarbonyl (C=S) groups is 1. The summed E-state index contributed by atoms with van der Waals surface area (Å²) in [6.07, 6.45) is 0. The molecule has 0 bridgehead atoms. The van der Waals surface area contributed by atoms with Crippen molar-refractivity contribution in [3.8, 4) is 0 Å². The molecule has 0 aliphatic heterocycles. The van der Waals surface area contributed by atoms with Crippen LogP contribution in [0.3, 0.4) is 0 Å². The van der Waals surface area contributed by atoms with Gasteiger partial charge in [0.1, 0.15) is 4.99 Å². The molecule has 8 heteroatoms. The highest BCUT2D eigenvalue weighted by molar-refractivity contribution is 7.92. The van der Waals surface area contributed by atoms with Crippen LogP contribution in [0.15, 0.2) is 47.4 Å². The van der Waals surface area contributed by atoms with E-state index in [1.807, 2.05) is 0 Å². The van der Waals surface area contributed by atoms with Crippen LogP contribution in [0, 0.1) is 0 Å². The summed E-state index contributed by atoms with van der Waals surface area (Å²) in [5.74, 6) is 0. The Kier molecular flexibility index (Phi) is 4.73. The highest BCUT2D eigenvalue weighted by Gasteiger charge is 2.15. The first kappa shape index (κ1) is 16.0. The summed E-state index contributed by atoms with van der Waals surface area (Å²) < 4.78 is 27.0. The molecule has 21 heavy (non-hydrogen) atoms. The first-order valence-corrected chi connectivity index (χ1v) is 8.31. The van der Waals surface area contributed by atoms with E-state index in [-0.39, 0.29) is 15.6 Å². The van der Waals surface area contributed by atoms with E-state index >= 15 is 0 Å². The quantitative estimate of drug-likeness (QED) is 0.819. The summed E-state index contributed by atoms with van der Waals surface area (Å²) >= 11 is 16.5. The standard InChI is InChI=1S/C13H10Cl2N2O2S2/c14-9-5-10(15)7-11(6-9)17-21(18,19)12-3-1-2-8(4-12)13(16)20/h1-7,17H,(H2,16,20). The van der Waals surface area contributed by atoms with Gasteiger partial charge in [-0.15, -0.1) is 0 Å². The van der Waals surface area contributed by atoms with E-state index in [0.29, 0.717) is 15.6 Å². The fourth-order valence-corrected chi connectivity index (χ4v) is 3.38. The zero-order chi connectivity index (χ0) is 15.6. The number of anilines is 1. The van der Waals surface area contributed by atoms with Gasteiger partial charge >= 0.3 is 0 Å². The Morgan fingerprint density at radius 2 is 1.71 bits per heavy atom. The van der Waals surface area contributed by atoms with E-state index in [2.05, 4.69) is 4.72 Å². The molecule has 2 aromatic rings. The lowest BCUT2D eigenvalue weighted by molar-refractivity contribution is 0.601. The number of benzene rings is 2. The molecule has 0 unspecified atom stereocenters. The summed E-state index contributed by atoms with van der Waals surface area (Å²) in [6, 6.07) is 10.5. The molecule has 0 heterocycles. The topological polar surface area (TPSA) is 72.2 Å². The van der Waals surface area contributed by atoms with Crippen molar-refractivity contribution in [1.29, 1.82) is 0 Å². The molecule has 0 aliphatic rings. The molecule has 2 rings (SSSR count). The van der Waals surface area contributed by atoms with Crippen LogP contribution in [0.2, 0.25) is 10.0 Å². The summed E-state index contributed by atoms with van der Waals surface area (Å²) in [5.41, 5.74) is 6.24. The Morgan fingerprint density at radius 1 is 1.10 bits per heavy atom. The molecule has 0 atom stereocenters. The van der Waals surface area contributed by atoms with Gasteiger partial charge < -0.3 is 5.73 Å². The third-order valence-corrected chi connectivity index (χ3v) is 4.59. The molecule has 0 saturated carbocycles. The van der Waals surface area contributed by atoms with Crippen LogP contribution in [-0.4, -0.2) is 13.4 Å². The minimum atomic E-state index is -3.79. The van der Waals surface area contributed by atoms with E-state index in [1.54, 1.807) is 12.1 Å². The van der Waals surface area contributed by atoms with Crippen molar-refractivity contribution in [2.75, 3.05) is 4.72 Å². The zero-order valence-electron chi connectivity index (χ0n) is 10.5. The van der Waals surface area contributed by atoms with Gasteiger partial charge in [-0.2, -0.15) is 0 Å². The second-order valence-corrected chi connectivity index (χ2v) is 7.15. The molecule has 0 radical (unpaired) electrons. The lowest BCUT2D eigenvalue weighted by Crippen LogP contribution is -2.15. The Morgan fingerprint density at radius 3 is 2.29 bits per heavy atom. The van der Waals surface area contributed by atoms with Crippen LogP contribution in [0.25, 0.3) is 0 Å². The van der Waals surface area contributed by atoms with E-state index in [0.717, 1.165) is 0 Å².